The second-order valence-electron chi connectivity index (χ2n) is 7.38. The quantitative estimate of drug-likeness (QED) is 0.811. The summed E-state index contributed by atoms with van der Waals surface area (Å²) < 4.78 is 0. The van der Waals surface area contributed by atoms with Gasteiger partial charge in [0.2, 0.25) is 0 Å². The monoisotopic (exact) mass is 278 g/mol. The lowest BCUT2D eigenvalue weighted by Gasteiger charge is -2.34. The van der Waals surface area contributed by atoms with Gasteiger partial charge in [-0.05, 0) is 62.5 Å². The molecule has 4 N–H and O–H groups in total. The van der Waals surface area contributed by atoms with Crippen LogP contribution in [0.3, 0.4) is 0 Å². The average Bonchev–Trinajstić information content (AvgIpc) is 2.30. The first-order chi connectivity index (χ1) is 9.23. The van der Waals surface area contributed by atoms with E-state index in [9.17, 15) is 0 Å². The summed E-state index contributed by atoms with van der Waals surface area (Å²) in [5.41, 5.74) is 18.5. The first kappa shape index (κ1) is 17.5. The molecule has 0 bridgehead atoms. The molecule has 0 saturated heterocycles. The molecule has 0 aromatic carbocycles. The molecule has 0 radical (unpaired) electrons. The van der Waals surface area contributed by atoms with E-state index in [1.54, 1.807) is 0 Å². The van der Waals surface area contributed by atoms with Crippen LogP contribution < -0.4 is 11.5 Å². The van der Waals surface area contributed by atoms with Gasteiger partial charge >= 0.3 is 0 Å². The van der Waals surface area contributed by atoms with Gasteiger partial charge in [-0.3, -0.25) is 0 Å². The summed E-state index contributed by atoms with van der Waals surface area (Å²) in [6.45, 7) is 13.6. The minimum Gasteiger partial charge on any atom is -0.326 e. The lowest BCUT2D eigenvalue weighted by atomic mass is 9.76. The maximum absolute atomic E-state index is 6.44. The number of hydrogen-bond donors (Lipinski definition) is 2. The van der Waals surface area contributed by atoms with Crippen LogP contribution in [0.1, 0.15) is 67.2 Å². The molecule has 2 unspecified atom stereocenters. The maximum atomic E-state index is 6.44. The summed E-state index contributed by atoms with van der Waals surface area (Å²) in [6.07, 6.45) is 4.40. The number of rotatable bonds is 4. The largest absolute Gasteiger partial charge is 0.326 e. The van der Waals surface area contributed by atoms with Gasteiger partial charge in [-0.25, -0.2) is 0 Å². The fraction of sp³-hybridized carbons (Fsp3) is 0.778. The molecule has 1 aliphatic rings. The van der Waals surface area contributed by atoms with Gasteiger partial charge < -0.3 is 11.5 Å². The van der Waals surface area contributed by atoms with Crippen LogP contribution in [0.2, 0.25) is 0 Å². The predicted molar refractivity (Wildman–Crippen MR) is 89.5 cm³/mol. The molecular formula is C18H34N2. The van der Waals surface area contributed by atoms with E-state index in [0.29, 0.717) is 11.8 Å². The molecule has 0 heterocycles. The predicted octanol–water partition coefficient (Wildman–Crippen LogP) is 4.16. The van der Waals surface area contributed by atoms with Crippen molar-refractivity contribution in [3.63, 3.8) is 0 Å². The van der Waals surface area contributed by atoms with E-state index in [1.165, 1.54) is 22.3 Å². The van der Waals surface area contributed by atoms with E-state index in [2.05, 4.69) is 41.5 Å². The molecule has 1 saturated carbocycles. The lowest BCUT2D eigenvalue weighted by molar-refractivity contribution is 0.493. The van der Waals surface area contributed by atoms with Crippen molar-refractivity contribution in [2.75, 3.05) is 0 Å². The van der Waals surface area contributed by atoms with E-state index >= 15 is 0 Å². The second kappa shape index (κ2) is 7.42. The fourth-order valence-corrected chi connectivity index (χ4v) is 3.48. The Kier molecular flexibility index (Phi) is 6.47. The summed E-state index contributed by atoms with van der Waals surface area (Å²) >= 11 is 0. The normalized spacial score (nSPS) is 29.1. The number of allylic oxidation sites excluding steroid dienone is 2. The molecule has 116 valence electrons. The van der Waals surface area contributed by atoms with Crippen LogP contribution in [0, 0.1) is 11.8 Å². The van der Waals surface area contributed by atoms with Crippen molar-refractivity contribution in [3.05, 3.63) is 22.3 Å². The molecule has 0 aromatic rings. The lowest BCUT2D eigenvalue weighted by Crippen LogP contribution is -2.46. The summed E-state index contributed by atoms with van der Waals surface area (Å²) in [5, 5.41) is 0. The third-order valence-corrected chi connectivity index (χ3v) is 4.25. The average molecular weight is 278 g/mol. The van der Waals surface area contributed by atoms with Crippen molar-refractivity contribution in [2.45, 2.75) is 79.3 Å². The van der Waals surface area contributed by atoms with Gasteiger partial charge in [0.25, 0.3) is 0 Å². The Hall–Kier alpha value is -0.600. The van der Waals surface area contributed by atoms with Crippen LogP contribution in [-0.4, -0.2) is 12.1 Å². The van der Waals surface area contributed by atoms with Crippen molar-refractivity contribution in [1.29, 1.82) is 0 Å². The molecule has 0 amide bonds. The smallest absolute Gasteiger partial charge is 0.0451 e. The maximum Gasteiger partial charge on any atom is 0.0451 e. The van der Waals surface area contributed by atoms with Gasteiger partial charge in [-0.2, -0.15) is 0 Å². The van der Waals surface area contributed by atoms with Crippen LogP contribution >= 0.6 is 0 Å². The van der Waals surface area contributed by atoms with Gasteiger partial charge in [0.05, 0.1) is 0 Å². The highest BCUT2D eigenvalue weighted by Gasteiger charge is 2.29. The zero-order chi connectivity index (χ0) is 15.4. The summed E-state index contributed by atoms with van der Waals surface area (Å²) in [7, 11) is 0. The zero-order valence-corrected chi connectivity index (χ0v) is 14.3. The standard InChI is InChI=1S/C18H34N2/c1-11(2)9-13(5)15-7-8-16(19)18(20)17(15)14(6)10-12(3)4/h11-12,16,18H,7-10,19-20H2,1-6H3. The van der Waals surface area contributed by atoms with E-state index in [4.69, 9.17) is 11.5 Å². The van der Waals surface area contributed by atoms with Crippen LogP contribution in [0.15, 0.2) is 22.3 Å². The molecule has 2 atom stereocenters. The minimum absolute atomic E-state index is 0.0135. The number of hydrogen-bond acceptors (Lipinski definition) is 2. The molecule has 2 nitrogen and oxygen atoms in total. The van der Waals surface area contributed by atoms with Crippen LogP contribution in [0.4, 0.5) is 0 Å². The molecule has 0 aliphatic heterocycles. The van der Waals surface area contributed by atoms with Gasteiger partial charge in [0.1, 0.15) is 0 Å². The van der Waals surface area contributed by atoms with E-state index in [1.807, 2.05) is 0 Å². The highest BCUT2D eigenvalue weighted by atomic mass is 14.8. The molecule has 0 aromatic heterocycles. The second-order valence-corrected chi connectivity index (χ2v) is 7.38. The van der Waals surface area contributed by atoms with Gasteiger partial charge in [0.15, 0.2) is 0 Å². The highest BCUT2D eigenvalue weighted by molar-refractivity contribution is 5.44. The molecule has 0 spiro atoms. The third kappa shape index (κ3) is 4.46. The topological polar surface area (TPSA) is 52.0 Å². The van der Waals surface area contributed by atoms with Crippen LogP contribution in [-0.2, 0) is 0 Å². The molecule has 1 aliphatic carbocycles. The first-order valence-electron chi connectivity index (χ1n) is 8.13. The molecule has 1 rings (SSSR count). The van der Waals surface area contributed by atoms with E-state index in [-0.39, 0.29) is 12.1 Å². The van der Waals surface area contributed by atoms with Gasteiger partial charge in [-0.15, -0.1) is 0 Å². The number of nitrogens with two attached hydrogens (primary N) is 2. The van der Waals surface area contributed by atoms with Crippen LogP contribution in [0.5, 0.6) is 0 Å². The van der Waals surface area contributed by atoms with Crippen molar-refractivity contribution >= 4 is 0 Å². The van der Waals surface area contributed by atoms with Gasteiger partial charge in [0, 0.05) is 12.1 Å². The van der Waals surface area contributed by atoms with Crippen molar-refractivity contribution in [3.8, 4) is 0 Å². The Morgan fingerprint density at radius 1 is 1.00 bits per heavy atom. The molecule has 2 heteroatoms. The minimum atomic E-state index is 0.0135. The molecule has 1 fully saturated rings. The molecule has 20 heavy (non-hydrogen) atoms. The Morgan fingerprint density at radius 3 is 2.00 bits per heavy atom. The third-order valence-electron chi connectivity index (χ3n) is 4.25. The Morgan fingerprint density at radius 2 is 1.50 bits per heavy atom. The van der Waals surface area contributed by atoms with Crippen LogP contribution in [0.25, 0.3) is 0 Å². The first-order valence-corrected chi connectivity index (χ1v) is 8.13. The van der Waals surface area contributed by atoms with E-state index in [0.717, 1.165) is 25.7 Å². The van der Waals surface area contributed by atoms with Crippen molar-refractivity contribution in [1.82, 2.24) is 0 Å². The van der Waals surface area contributed by atoms with E-state index < -0.39 is 0 Å². The Labute approximate surface area is 125 Å². The summed E-state index contributed by atoms with van der Waals surface area (Å²) in [5.74, 6) is 1.36. The zero-order valence-electron chi connectivity index (χ0n) is 14.3. The SMILES string of the molecule is CC(CC(C)C)=C1CCC(N)C(N)C1=C(C)CC(C)C. The Balaban J connectivity index is 3.20. The summed E-state index contributed by atoms with van der Waals surface area (Å²) in [6, 6.07) is 0.127. The summed E-state index contributed by atoms with van der Waals surface area (Å²) in [4.78, 5) is 0. The van der Waals surface area contributed by atoms with Crippen molar-refractivity contribution < 1.29 is 0 Å². The molecular weight excluding hydrogens is 244 g/mol. The van der Waals surface area contributed by atoms with Crippen molar-refractivity contribution in [2.24, 2.45) is 23.3 Å². The Bertz CT molecular complexity index is 388. The van der Waals surface area contributed by atoms with Gasteiger partial charge in [-0.1, -0.05) is 38.8 Å². The fourth-order valence-electron chi connectivity index (χ4n) is 3.48. The highest BCUT2D eigenvalue weighted by Crippen LogP contribution is 2.35.